The van der Waals surface area contributed by atoms with Gasteiger partial charge in [0.25, 0.3) is 0 Å². The van der Waals surface area contributed by atoms with Crippen LogP contribution in [0.25, 0.3) is 0 Å². The maximum absolute atomic E-state index is 13.4. The van der Waals surface area contributed by atoms with Crippen LogP contribution in [0.4, 0.5) is 4.39 Å². The van der Waals surface area contributed by atoms with Crippen molar-refractivity contribution in [1.82, 2.24) is 5.32 Å². The quantitative estimate of drug-likeness (QED) is 0.838. The van der Waals surface area contributed by atoms with E-state index >= 15 is 0 Å². The van der Waals surface area contributed by atoms with Crippen LogP contribution >= 0.6 is 0 Å². The number of nitrogens with one attached hydrogen (secondary N) is 1. The monoisotopic (exact) mass is 287 g/mol. The Morgan fingerprint density at radius 2 is 2.00 bits per heavy atom. The van der Waals surface area contributed by atoms with Crippen molar-refractivity contribution in [2.24, 2.45) is 0 Å². The first-order valence-corrected chi connectivity index (χ1v) is 8.37. The van der Waals surface area contributed by atoms with Gasteiger partial charge in [-0.1, -0.05) is 19.1 Å². The lowest BCUT2D eigenvalue weighted by Crippen LogP contribution is -2.26. The predicted octanol–water partition coefficient (Wildman–Crippen LogP) is 2.61. The van der Waals surface area contributed by atoms with Gasteiger partial charge >= 0.3 is 0 Å². The Labute approximate surface area is 115 Å². The molecule has 0 amide bonds. The molecule has 0 fully saturated rings. The fourth-order valence-electron chi connectivity index (χ4n) is 1.84. The van der Waals surface area contributed by atoms with Gasteiger partial charge in [0.2, 0.25) is 0 Å². The van der Waals surface area contributed by atoms with Crippen LogP contribution in [0.15, 0.2) is 18.2 Å². The lowest BCUT2D eigenvalue weighted by molar-refractivity contribution is 0.565. The standard InChI is InChI=1S/C14H22FNO2S/c1-4-8-19(17,18)9-7-16-12(3)13-6-5-11(2)14(15)10-13/h5-6,10,12,16H,4,7-9H2,1-3H3. The molecule has 0 saturated heterocycles. The molecule has 0 aromatic heterocycles. The summed E-state index contributed by atoms with van der Waals surface area (Å²) in [6.45, 7) is 5.85. The molecule has 19 heavy (non-hydrogen) atoms. The summed E-state index contributed by atoms with van der Waals surface area (Å²) in [5.74, 6) is 0.117. The first-order valence-electron chi connectivity index (χ1n) is 6.55. The van der Waals surface area contributed by atoms with Gasteiger partial charge in [0.05, 0.1) is 5.75 Å². The van der Waals surface area contributed by atoms with Crippen molar-refractivity contribution in [3.8, 4) is 0 Å². The summed E-state index contributed by atoms with van der Waals surface area (Å²) in [6.07, 6.45) is 0.640. The Balaban J connectivity index is 2.51. The number of hydrogen-bond donors (Lipinski definition) is 1. The van der Waals surface area contributed by atoms with Gasteiger partial charge in [0.1, 0.15) is 5.82 Å². The van der Waals surface area contributed by atoms with Crippen molar-refractivity contribution in [3.63, 3.8) is 0 Å². The zero-order valence-electron chi connectivity index (χ0n) is 11.7. The Morgan fingerprint density at radius 3 is 2.58 bits per heavy atom. The highest BCUT2D eigenvalue weighted by atomic mass is 32.2. The molecule has 0 aliphatic carbocycles. The largest absolute Gasteiger partial charge is 0.309 e. The Kier molecular flexibility index (Phi) is 5.94. The molecule has 0 aliphatic rings. The molecule has 0 radical (unpaired) electrons. The van der Waals surface area contributed by atoms with E-state index in [1.54, 1.807) is 13.0 Å². The summed E-state index contributed by atoms with van der Waals surface area (Å²) in [5.41, 5.74) is 1.44. The molecule has 0 bridgehead atoms. The summed E-state index contributed by atoms with van der Waals surface area (Å²) >= 11 is 0. The summed E-state index contributed by atoms with van der Waals surface area (Å²) in [7, 11) is -2.96. The summed E-state index contributed by atoms with van der Waals surface area (Å²) in [5, 5.41) is 3.11. The molecule has 1 rings (SSSR count). The van der Waals surface area contributed by atoms with Crippen molar-refractivity contribution < 1.29 is 12.8 Å². The number of aryl methyl sites for hydroxylation is 1. The van der Waals surface area contributed by atoms with E-state index in [4.69, 9.17) is 0 Å². The topological polar surface area (TPSA) is 46.2 Å². The van der Waals surface area contributed by atoms with Crippen LogP contribution in [-0.4, -0.2) is 26.5 Å². The predicted molar refractivity (Wildman–Crippen MR) is 76.5 cm³/mol. The second-order valence-corrected chi connectivity index (χ2v) is 7.14. The van der Waals surface area contributed by atoms with E-state index in [1.807, 2.05) is 19.9 Å². The van der Waals surface area contributed by atoms with E-state index in [9.17, 15) is 12.8 Å². The van der Waals surface area contributed by atoms with Gasteiger partial charge in [-0.15, -0.1) is 0 Å². The molecule has 1 atom stereocenters. The zero-order chi connectivity index (χ0) is 14.5. The van der Waals surface area contributed by atoms with E-state index in [-0.39, 0.29) is 23.4 Å². The summed E-state index contributed by atoms with van der Waals surface area (Å²) < 4.78 is 36.5. The lowest BCUT2D eigenvalue weighted by Gasteiger charge is -2.15. The molecule has 1 unspecified atom stereocenters. The second kappa shape index (κ2) is 7.01. The Bertz CT molecular complexity index is 514. The molecule has 0 saturated carbocycles. The van der Waals surface area contributed by atoms with Crippen LogP contribution < -0.4 is 5.32 Å². The minimum absolute atomic E-state index is 0.0630. The van der Waals surface area contributed by atoms with Crippen LogP contribution in [0, 0.1) is 12.7 Å². The van der Waals surface area contributed by atoms with E-state index in [1.165, 1.54) is 6.07 Å². The number of hydrogen-bond acceptors (Lipinski definition) is 3. The molecule has 0 heterocycles. The van der Waals surface area contributed by atoms with E-state index in [2.05, 4.69) is 5.32 Å². The highest BCUT2D eigenvalue weighted by Gasteiger charge is 2.11. The van der Waals surface area contributed by atoms with Crippen LogP contribution in [0.1, 0.15) is 37.4 Å². The van der Waals surface area contributed by atoms with Crippen LogP contribution in [0.2, 0.25) is 0 Å². The van der Waals surface area contributed by atoms with E-state index < -0.39 is 9.84 Å². The van der Waals surface area contributed by atoms with Gasteiger partial charge < -0.3 is 5.32 Å². The first kappa shape index (κ1) is 16.1. The van der Waals surface area contributed by atoms with Gasteiger partial charge in [0.15, 0.2) is 9.84 Å². The third kappa shape index (κ3) is 5.28. The molecule has 5 heteroatoms. The minimum atomic E-state index is -2.96. The molecule has 1 aromatic carbocycles. The highest BCUT2D eigenvalue weighted by Crippen LogP contribution is 2.16. The van der Waals surface area contributed by atoms with Crippen molar-refractivity contribution in [2.75, 3.05) is 18.1 Å². The van der Waals surface area contributed by atoms with Gasteiger partial charge in [-0.2, -0.15) is 0 Å². The molecule has 3 nitrogen and oxygen atoms in total. The van der Waals surface area contributed by atoms with Crippen molar-refractivity contribution in [3.05, 3.63) is 35.1 Å². The molecule has 1 aromatic rings. The lowest BCUT2D eigenvalue weighted by atomic mass is 10.1. The second-order valence-electron chi connectivity index (χ2n) is 4.84. The molecular formula is C14H22FNO2S. The molecule has 0 spiro atoms. The summed E-state index contributed by atoms with van der Waals surface area (Å²) in [4.78, 5) is 0. The maximum Gasteiger partial charge on any atom is 0.151 e. The fraction of sp³-hybridized carbons (Fsp3) is 0.571. The van der Waals surface area contributed by atoms with Gasteiger partial charge in [-0.3, -0.25) is 0 Å². The Hall–Kier alpha value is -0.940. The smallest absolute Gasteiger partial charge is 0.151 e. The third-order valence-corrected chi connectivity index (χ3v) is 4.93. The number of halogens is 1. The van der Waals surface area contributed by atoms with Crippen molar-refractivity contribution in [2.45, 2.75) is 33.2 Å². The average molecular weight is 287 g/mol. The van der Waals surface area contributed by atoms with Gasteiger partial charge in [-0.05, 0) is 37.5 Å². The normalized spacial score (nSPS) is 13.5. The SMILES string of the molecule is CCCS(=O)(=O)CCNC(C)c1ccc(C)c(F)c1. The highest BCUT2D eigenvalue weighted by molar-refractivity contribution is 7.91. The fourth-order valence-corrected chi connectivity index (χ4v) is 3.10. The molecular weight excluding hydrogens is 265 g/mol. The molecule has 108 valence electrons. The maximum atomic E-state index is 13.4. The van der Waals surface area contributed by atoms with Gasteiger partial charge in [-0.25, -0.2) is 12.8 Å². The average Bonchev–Trinajstić information content (AvgIpc) is 2.32. The number of benzene rings is 1. The third-order valence-electron chi connectivity index (χ3n) is 3.07. The summed E-state index contributed by atoms with van der Waals surface area (Å²) in [6, 6.07) is 5.02. The van der Waals surface area contributed by atoms with Crippen LogP contribution in [0.3, 0.4) is 0 Å². The first-order chi connectivity index (χ1) is 8.85. The Morgan fingerprint density at radius 1 is 1.32 bits per heavy atom. The minimum Gasteiger partial charge on any atom is -0.309 e. The van der Waals surface area contributed by atoms with E-state index in [0.717, 1.165) is 5.56 Å². The molecule has 1 N–H and O–H groups in total. The van der Waals surface area contributed by atoms with Gasteiger partial charge in [0, 0.05) is 18.3 Å². The van der Waals surface area contributed by atoms with Crippen molar-refractivity contribution in [1.29, 1.82) is 0 Å². The van der Waals surface area contributed by atoms with Crippen LogP contribution in [0.5, 0.6) is 0 Å². The van der Waals surface area contributed by atoms with Crippen molar-refractivity contribution >= 4 is 9.84 Å². The number of sulfone groups is 1. The van der Waals surface area contributed by atoms with E-state index in [0.29, 0.717) is 18.5 Å². The van der Waals surface area contributed by atoms with Crippen LogP contribution in [-0.2, 0) is 9.84 Å². The zero-order valence-corrected chi connectivity index (χ0v) is 12.6. The molecule has 0 aliphatic heterocycles. The number of rotatable bonds is 7.